The SMILES string of the molecule is Cc1cc(SCC(C)(C)c2oc(-c3ccc(C(F)(F)F)cc3)nc2C)ccc1CCC(=O)O. The van der Waals surface area contributed by atoms with E-state index >= 15 is 0 Å². The number of aromatic nitrogens is 1. The van der Waals surface area contributed by atoms with Gasteiger partial charge in [-0.25, -0.2) is 4.98 Å². The third-order valence-electron chi connectivity index (χ3n) is 5.39. The number of carbonyl (C=O) groups is 1. The Hall–Kier alpha value is -2.74. The molecule has 33 heavy (non-hydrogen) atoms. The van der Waals surface area contributed by atoms with Gasteiger partial charge < -0.3 is 9.52 Å². The molecule has 0 atom stereocenters. The van der Waals surface area contributed by atoms with Crippen LogP contribution >= 0.6 is 11.8 Å². The molecule has 0 bridgehead atoms. The number of aliphatic carboxylic acids is 1. The van der Waals surface area contributed by atoms with Gasteiger partial charge in [0.15, 0.2) is 0 Å². The number of thioether (sulfide) groups is 1. The van der Waals surface area contributed by atoms with E-state index in [4.69, 9.17) is 9.52 Å². The summed E-state index contributed by atoms with van der Waals surface area (Å²) in [5.41, 5.74) is 2.19. The van der Waals surface area contributed by atoms with Crippen molar-refractivity contribution in [1.82, 2.24) is 4.98 Å². The average molecular weight is 478 g/mol. The Bertz CT molecular complexity index is 1130. The van der Waals surface area contributed by atoms with Gasteiger partial charge in [-0.1, -0.05) is 19.9 Å². The van der Waals surface area contributed by atoms with Crippen LogP contribution in [0, 0.1) is 13.8 Å². The van der Waals surface area contributed by atoms with Gasteiger partial charge in [0.25, 0.3) is 0 Å². The Labute approximate surface area is 195 Å². The summed E-state index contributed by atoms with van der Waals surface area (Å²) >= 11 is 1.66. The topological polar surface area (TPSA) is 63.3 Å². The minimum atomic E-state index is -4.39. The number of halogens is 3. The number of hydrogen-bond donors (Lipinski definition) is 1. The van der Waals surface area contributed by atoms with Crippen molar-refractivity contribution in [2.75, 3.05) is 5.75 Å². The van der Waals surface area contributed by atoms with Crippen molar-refractivity contribution in [2.45, 2.75) is 57.0 Å². The summed E-state index contributed by atoms with van der Waals surface area (Å²) in [7, 11) is 0. The van der Waals surface area contributed by atoms with E-state index in [0.29, 0.717) is 35.1 Å². The second kappa shape index (κ2) is 9.63. The normalized spacial score (nSPS) is 12.2. The summed E-state index contributed by atoms with van der Waals surface area (Å²) in [4.78, 5) is 16.3. The third-order valence-corrected chi connectivity index (χ3v) is 6.85. The molecule has 4 nitrogen and oxygen atoms in total. The van der Waals surface area contributed by atoms with Crippen LogP contribution in [0.25, 0.3) is 11.5 Å². The van der Waals surface area contributed by atoms with E-state index in [-0.39, 0.29) is 11.8 Å². The number of carboxylic acid groups (broad SMARTS) is 1. The number of carboxylic acids is 1. The lowest BCUT2D eigenvalue weighted by Gasteiger charge is -2.22. The summed E-state index contributed by atoms with van der Waals surface area (Å²) in [6, 6.07) is 10.8. The lowest BCUT2D eigenvalue weighted by Crippen LogP contribution is -2.20. The maximum atomic E-state index is 12.8. The van der Waals surface area contributed by atoms with E-state index < -0.39 is 17.7 Å². The van der Waals surface area contributed by atoms with Crippen LogP contribution in [0.1, 0.15) is 48.4 Å². The zero-order valence-electron chi connectivity index (χ0n) is 18.9. The summed E-state index contributed by atoms with van der Waals surface area (Å²) in [5.74, 6) is 0.879. The maximum absolute atomic E-state index is 12.8. The Morgan fingerprint density at radius 3 is 2.33 bits per heavy atom. The molecule has 8 heteroatoms. The second-order valence-electron chi connectivity index (χ2n) is 8.66. The first-order valence-electron chi connectivity index (χ1n) is 10.5. The molecule has 1 aromatic heterocycles. The highest BCUT2D eigenvalue weighted by atomic mass is 32.2. The van der Waals surface area contributed by atoms with Gasteiger partial charge in [-0.3, -0.25) is 4.79 Å². The van der Waals surface area contributed by atoms with Crippen LogP contribution in [-0.4, -0.2) is 21.8 Å². The smallest absolute Gasteiger partial charge is 0.416 e. The van der Waals surface area contributed by atoms with Gasteiger partial charge in [0.05, 0.1) is 11.3 Å². The predicted octanol–water partition coefficient (Wildman–Crippen LogP) is 7.06. The van der Waals surface area contributed by atoms with Crippen LogP contribution in [-0.2, 0) is 22.8 Å². The van der Waals surface area contributed by atoms with Crippen molar-refractivity contribution in [1.29, 1.82) is 0 Å². The van der Waals surface area contributed by atoms with Crippen LogP contribution in [0.4, 0.5) is 13.2 Å². The molecule has 0 radical (unpaired) electrons. The minimum Gasteiger partial charge on any atom is -0.481 e. The Morgan fingerprint density at radius 2 is 1.76 bits per heavy atom. The predicted molar refractivity (Wildman–Crippen MR) is 123 cm³/mol. The summed E-state index contributed by atoms with van der Waals surface area (Å²) < 4.78 is 44.5. The highest BCUT2D eigenvalue weighted by Gasteiger charge is 2.31. The molecule has 2 aromatic carbocycles. The van der Waals surface area contributed by atoms with Crippen molar-refractivity contribution in [3.63, 3.8) is 0 Å². The number of alkyl halides is 3. The molecule has 3 rings (SSSR count). The fourth-order valence-corrected chi connectivity index (χ4v) is 4.64. The van der Waals surface area contributed by atoms with Gasteiger partial charge >= 0.3 is 12.1 Å². The fourth-order valence-electron chi connectivity index (χ4n) is 3.56. The van der Waals surface area contributed by atoms with Crippen LogP contribution in [0.15, 0.2) is 51.8 Å². The van der Waals surface area contributed by atoms with E-state index in [1.807, 2.05) is 39.8 Å². The van der Waals surface area contributed by atoms with Gasteiger partial charge in [0.1, 0.15) is 5.76 Å². The average Bonchev–Trinajstić information content (AvgIpc) is 3.13. The molecule has 0 spiro atoms. The molecule has 1 N–H and O–H groups in total. The molecule has 3 aromatic rings. The van der Waals surface area contributed by atoms with E-state index in [1.165, 1.54) is 12.1 Å². The molecular weight excluding hydrogens is 451 g/mol. The monoisotopic (exact) mass is 477 g/mol. The van der Waals surface area contributed by atoms with Crippen LogP contribution in [0.2, 0.25) is 0 Å². The summed E-state index contributed by atoms with van der Waals surface area (Å²) in [6.07, 6.45) is -3.78. The maximum Gasteiger partial charge on any atom is 0.416 e. The number of hydrogen-bond acceptors (Lipinski definition) is 4. The van der Waals surface area contributed by atoms with Crippen molar-refractivity contribution < 1.29 is 27.5 Å². The van der Waals surface area contributed by atoms with Gasteiger partial charge in [-0.15, -0.1) is 11.8 Å². The summed E-state index contributed by atoms with van der Waals surface area (Å²) in [6.45, 7) is 7.89. The molecular formula is C25H26F3NO3S. The Balaban J connectivity index is 1.72. The standard InChI is InChI=1S/C25H26F3NO3S/c1-15-13-20(11-7-17(15)8-12-21(30)31)33-14-24(3,4)22-16(2)29-23(32-22)18-5-9-19(10-6-18)25(26,27)28/h5-7,9-11,13H,8,12,14H2,1-4H3,(H,30,31). The molecule has 0 aliphatic heterocycles. The zero-order valence-corrected chi connectivity index (χ0v) is 19.7. The molecule has 0 aliphatic rings. The highest BCUT2D eigenvalue weighted by Crippen LogP contribution is 2.37. The van der Waals surface area contributed by atoms with Crippen LogP contribution in [0.5, 0.6) is 0 Å². The fraction of sp³-hybridized carbons (Fsp3) is 0.360. The molecule has 0 unspecified atom stereocenters. The zero-order chi connectivity index (χ0) is 24.4. The molecule has 0 saturated carbocycles. The Morgan fingerprint density at radius 1 is 1.09 bits per heavy atom. The quantitative estimate of drug-likeness (QED) is 0.352. The van der Waals surface area contributed by atoms with E-state index in [9.17, 15) is 18.0 Å². The third kappa shape index (κ3) is 6.19. The number of oxazole rings is 1. The molecule has 1 heterocycles. The first-order valence-corrected chi connectivity index (χ1v) is 11.4. The van der Waals surface area contributed by atoms with Crippen molar-refractivity contribution >= 4 is 17.7 Å². The first-order chi connectivity index (χ1) is 15.4. The van der Waals surface area contributed by atoms with Gasteiger partial charge in [-0.05, 0) is 67.8 Å². The van der Waals surface area contributed by atoms with Crippen LogP contribution < -0.4 is 0 Å². The lowest BCUT2D eigenvalue weighted by atomic mass is 9.92. The van der Waals surface area contributed by atoms with Crippen molar-refractivity contribution in [3.05, 3.63) is 70.6 Å². The molecule has 0 amide bonds. The highest BCUT2D eigenvalue weighted by molar-refractivity contribution is 7.99. The van der Waals surface area contributed by atoms with E-state index in [0.717, 1.165) is 28.2 Å². The number of rotatable bonds is 8. The van der Waals surface area contributed by atoms with Gasteiger partial charge in [0, 0.05) is 28.0 Å². The molecule has 176 valence electrons. The van der Waals surface area contributed by atoms with Crippen molar-refractivity contribution in [3.8, 4) is 11.5 Å². The van der Waals surface area contributed by atoms with Gasteiger partial charge in [-0.2, -0.15) is 13.2 Å². The van der Waals surface area contributed by atoms with Crippen molar-refractivity contribution in [2.24, 2.45) is 0 Å². The lowest BCUT2D eigenvalue weighted by molar-refractivity contribution is -0.138. The summed E-state index contributed by atoms with van der Waals surface area (Å²) in [5, 5.41) is 8.88. The molecule has 0 fully saturated rings. The first kappa shape index (κ1) is 24.9. The largest absolute Gasteiger partial charge is 0.481 e. The second-order valence-corrected chi connectivity index (χ2v) is 9.71. The molecule has 0 saturated heterocycles. The Kier molecular flexibility index (Phi) is 7.26. The van der Waals surface area contributed by atoms with Gasteiger partial charge in [0.2, 0.25) is 5.89 Å². The minimum absolute atomic E-state index is 0.104. The van der Waals surface area contributed by atoms with E-state index in [2.05, 4.69) is 11.1 Å². The van der Waals surface area contributed by atoms with Crippen LogP contribution in [0.3, 0.4) is 0 Å². The number of nitrogens with zero attached hydrogens (tertiary/aromatic N) is 1. The number of benzene rings is 2. The molecule has 0 aliphatic carbocycles. The van der Waals surface area contributed by atoms with E-state index in [1.54, 1.807) is 11.8 Å². The number of aryl methyl sites for hydroxylation is 3.